The Hall–Kier alpha value is -1.66. The fraction of sp³-hybridized carbons (Fsp3) is 0.308. The number of halogens is 1. The van der Waals surface area contributed by atoms with Crippen molar-refractivity contribution in [1.82, 2.24) is 5.32 Å². The Balaban J connectivity index is 2.45. The molecule has 1 rings (SSSR count). The van der Waals surface area contributed by atoms with E-state index in [1.54, 1.807) is 18.2 Å². The molecule has 1 aromatic rings. The molecule has 0 aliphatic heterocycles. The molecule has 0 saturated heterocycles. The standard InChI is InChI=1S/C13H15ClN2O/c1-2-3-4-5-8-16-13(17)11-7-6-10(15)9-12(11)14/h1,6-7,9H,3-5,8,15H2,(H,16,17). The van der Waals surface area contributed by atoms with Crippen LogP contribution in [-0.4, -0.2) is 12.5 Å². The zero-order valence-electron chi connectivity index (χ0n) is 9.50. The van der Waals surface area contributed by atoms with Gasteiger partial charge >= 0.3 is 0 Å². The molecule has 0 heterocycles. The molecule has 0 saturated carbocycles. The van der Waals surface area contributed by atoms with Gasteiger partial charge in [-0.15, -0.1) is 12.3 Å². The van der Waals surface area contributed by atoms with Gasteiger partial charge in [0.1, 0.15) is 0 Å². The Morgan fingerprint density at radius 3 is 2.88 bits per heavy atom. The predicted molar refractivity (Wildman–Crippen MR) is 70.9 cm³/mol. The van der Waals surface area contributed by atoms with Gasteiger partial charge in [-0.05, 0) is 31.0 Å². The number of nitrogens with two attached hydrogens (primary N) is 1. The zero-order chi connectivity index (χ0) is 12.7. The summed E-state index contributed by atoms with van der Waals surface area (Å²) in [6.45, 7) is 0.598. The fourth-order valence-corrected chi connectivity index (χ4v) is 1.64. The molecule has 0 atom stereocenters. The number of hydrogen-bond acceptors (Lipinski definition) is 2. The summed E-state index contributed by atoms with van der Waals surface area (Å²) in [7, 11) is 0. The van der Waals surface area contributed by atoms with Crippen molar-refractivity contribution in [3.05, 3.63) is 28.8 Å². The normalized spacial score (nSPS) is 9.65. The lowest BCUT2D eigenvalue weighted by Crippen LogP contribution is -2.24. The van der Waals surface area contributed by atoms with E-state index in [4.69, 9.17) is 23.8 Å². The summed E-state index contributed by atoms with van der Waals surface area (Å²) in [4.78, 5) is 11.7. The van der Waals surface area contributed by atoms with Gasteiger partial charge < -0.3 is 11.1 Å². The van der Waals surface area contributed by atoms with Crippen LogP contribution >= 0.6 is 11.6 Å². The number of nitrogens with one attached hydrogen (secondary N) is 1. The topological polar surface area (TPSA) is 55.1 Å². The van der Waals surface area contributed by atoms with Crippen LogP contribution in [0, 0.1) is 12.3 Å². The average Bonchev–Trinajstić information content (AvgIpc) is 2.28. The SMILES string of the molecule is C#CCCCCNC(=O)c1ccc(N)cc1Cl. The molecule has 90 valence electrons. The van der Waals surface area contributed by atoms with Crippen molar-refractivity contribution >= 4 is 23.2 Å². The maximum absolute atomic E-state index is 11.7. The van der Waals surface area contributed by atoms with Gasteiger partial charge in [0, 0.05) is 18.7 Å². The minimum Gasteiger partial charge on any atom is -0.399 e. The largest absolute Gasteiger partial charge is 0.399 e. The van der Waals surface area contributed by atoms with Crippen LogP contribution < -0.4 is 11.1 Å². The average molecular weight is 251 g/mol. The third-order valence-electron chi connectivity index (χ3n) is 2.27. The van der Waals surface area contributed by atoms with Crippen LogP contribution in [0.4, 0.5) is 5.69 Å². The highest BCUT2D eigenvalue weighted by Gasteiger charge is 2.09. The lowest BCUT2D eigenvalue weighted by atomic mass is 10.2. The van der Waals surface area contributed by atoms with E-state index in [-0.39, 0.29) is 5.91 Å². The predicted octanol–water partition coefficient (Wildman–Crippen LogP) is 2.46. The highest BCUT2D eigenvalue weighted by molar-refractivity contribution is 6.34. The molecule has 0 aliphatic carbocycles. The van der Waals surface area contributed by atoms with E-state index in [1.807, 2.05) is 0 Å². The summed E-state index contributed by atoms with van der Waals surface area (Å²) >= 11 is 5.92. The van der Waals surface area contributed by atoms with Crippen LogP contribution in [0.15, 0.2) is 18.2 Å². The van der Waals surface area contributed by atoms with Crippen molar-refractivity contribution in [2.24, 2.45) is 0 Å². The molecule has 4 heteroatoms. The van der Waals surface area contributed by atoms with Gasteiger partial charge in [-0.3, -0.25) is 4.79 Å². The van der Waals surface area contributed by atoms with Gasteiger partial charge in [-0.2, -0.15) is 0 Å². The van der Waals surface area contributed by atoms with E-state index in [9.17, 15) is 4.79 Å². The first kappa shape index (κ1) is 13.4. The number of hydrogen-bond donors (Lipinski definition) is 2. The van der Waals surface area contributed by atoms with E-state index >= 15 is 0 Å². The lowest BCUT2D eigenvalue weighted by molar-refractivity contribution is 0.0953. The van der Waals surface area contributed by atoms with Crippen LogP contribution in [0.25, 0.3) is 0 Å². The lowest BCUT2D eigenvalue weighted by Gasteiger charge is -2.06. The van der Waals surface area contributed by atoms with E-state index in [0.717, 1.165) is 19.3 Å². The highest BCUT2D eigenvalue weighted by Crippen LogP contribution is 2.18. The van der Waals surface area contributed by atoms with E-state index < -0.39 is 0 Å². The molecule has 0 fully saturated rings. The van der Waals surface area contributed by atoms with Crippen LogP contribution in [-0.2, 0) is 0 Å². The molecule has 1 aromatic carbocycles. The second kappa shape index (κ2) is 6.82. The summed E-state index contributed by atoms with van der Waals surface area (Å²) in [6.07, 6.45) is 7.64. The van der Waals surface area contributed by atoms with Gasteiger partial charge in [0.15, 0.2) is 0 Å². The monoisotopic (exact) mass is 250 g/mol. The number of carbonyl (C=O) groups excluding carboxylic acids is 1. The first-order chi connectivity index (χ1) is 8.15. The van der Waals surface area contributed by atoms with Crippen LogP contribution in [0.2, 0.25) is 5.02 Å². The van der Waals surface area contributed by atoms with Gasteiger partial charge in [0.05, 0.1) is 10.6 Å². The molecule has 0 aliphatic rings. The molecule has 0 spiro atoms. The Labute approximate surface area is 106 Å². The molecular formula is C13H15ClN2O. The molecular weight excluding hydrogens is 236 g/mol. The molecule has 1 amide bonds. The number of carbonyl (C=O) groups is 1. The minimum atomic E-state index is -0.185. The molecule has 3 nitrogen and oxygen atoms in total. The second-order valence-electron chi connectivity index (χ2n) is 3.66. The summed E-state index contributed by atoms with van der Waals surface area (Å²) < 4.78 is 0. The Kier molecular flexibility index (Phi) is 5.38. The number of benzene rings is 1. The maximum atomic E-state index is 11.7. The van der Waals surface area contributed by atoms with Gasteiger partial charge in [0.25, 0.3) is 5.91 Å². The summed E-state index contributed by atoms with van der Waals surface area (Å²) in [5.74, 6) is 2.37. The van der Waals surface area contributed by atoms with E-state index in [2.05, 4.69) is 11.2 Å². The fourth-order valence-electron chi connectivity index (χ4n) is 1.36. The molecule has 0 radical (unpaired) electrons. The first-order valence-corrected chi connectivity index (χ1v) is 5.79. The number of anilines is 1. The van der Waals surface area contributed by atoms with Crippen molar-refractivity contribution in [3.63, 3.8) is 0 Å². The number of terminal acetylenes is 1. The van der Waals surface area contributed by atoms with Crippen LogP contribution in [0.5, 0.6) is 0 Å². The van der Waals surface area contributed by atoms with Crippen LogP contribution in [0.3, 0.4) is 0 Å². The van der Waals surface area contributed by atoms with Gasteiger partial charge in [-0.25, -0.2) is 0 Å². The summed E-state index contributed by atoms with van der Waals surface area (Å²) in [6, 6.07) is 4.84. The third kappa shape index (κ3) is 4.38. The molecule has 0 bridgehead atoms. The first-order valence-electron chi connectivity index (χ1n) is 5.42. The number of rotatable bonds is 5. The van der Waals surface area contributed by atoms with Crippen molar-refractivity contribution in [2.75, 3.05) is 12.3 Å². The van der Waals surface area contributed by atoms with Crippen molar-refractivity contribution in [2.45, 2.75) is 19.3 Å². The van der Waals surface area contributed by atoms with Gasteiger partial charge in [0.2, 0.25) is 0 Å². The Morgan fingerprint density at radius 1 is 1.47 bits per heavy atom. The van der Waals surface area contributed by atoms with Crippen molar-refractivity contribution in [1.29, 1.82) is 0 Å². The third-order valence-corrected chi connectivity index (χ3v) is 2.58. The van der Waals surface area contributed by atoms with E-state index in [0.29, 0.717) is 22.8 Å². The second-order valence-corrected chi connectivity index (χ2v) is 4.06. The summed E-state index contributed by atoms with van der Waals surface area (Å²) in [5, 5.41) is 3.15. The zero-order valence-corrected chi connectivity index (χ0v) is 10.3. The number of nitrogen functional groups attached to an aromatic ring is 1. The van der Waals surface area contributed by atoms with E-state index in [1.165, 1.54) is 0 Å². The molecule has 3 N–H and O–H groups in total. The van der Waals surface area contributed by atoms with Crippen LogP contribution in [0.1, 0.15) is 29.6 Å². The van der Waals surface area contributed by atoms with Crippen molar-refractivity contribution in [3.8, 4) is 12.3 Å². The Bertz CT molecular complexity index is 438. The quantitative estimate of drug-likeness (QED) is 0.479. The maximum Gasteiger partial charge on any atom is 0.252 e. The summed E-state index contributed by atoms with van der Waals surface area (Å²) in [5.41, 5.74) is 6.53. The molecule has 0 unspecified atom stereocenters. The van der Waals surface area contributed by atoms with Gasteiger partial charge in [-0.1, -0.05) is 11.6 Å². The smallest absolute Gasteiger partial charge is 0.252 e. The Morgan fingerprint density at radius 2 is 2.24 bits per heavy atom. The molecule has 17 heavy (non-hydrogen) atoms. The number of amides is 1. The van der Waals surface area contributed by atoms with Crippen molar-refractivity contribution < 1.29 is 4.79 Å². The molecule has 0 aromatic heterocycles. The minimum absolute atomic E-state index is 0.185. The highest BCUT2D eigenvalue weighted by atomic mass is 35.5. The number of unbranched alkanes of at least 4 members (excludes halogenated alkanes) is 2.